The third kappa shape index (κ3) is 5.03. The van der Waals surface area contributed by atoms with Crippen LogP contribution < -0.4 is 19.5 Å². The number of nitrogens with zero attached hydrogens (tertiary/aromatic N) is 1. The van der Waals surface area contributed by atoms with Crippen LogP contribution in [0, 0.1) is 10.1 Å². The summed E-state index contributed by atoms with van der Waals surface area (Å²) in [6.07, 6.45) is 0.595. The number of aromatic hydroxyl groups is 1. The minimum Gasteiger partial charge on any atom is -0.508 e. The van der Waals surface area contributed by atoms with Crippen molar-refractivity contribution in [3.8, 4) is 23.0 Å². The maximum absolute atomic E-state index is 12.1. The number of nitro benzene ring substituents is 1. The summed E-state index contributed by atoms with van der Waals surface area (Å²) in [5.41, 5.74) is 0.942. The number of nitro groups is 1. The van der Waals surface area contributed by atoms with Crippen molar-refractivity contribution in [2.75, 3.05) is 21.3 Å². The van der Waals surface area contributed by atoms with Crippen molar-refractivity contribution in [1.82, 2.24) is 5.32 Å². The van der Waals surface area contributed by atoms with Gasteiger partial charge in [-0.05, 0) is 30.2 Å². The lowest BCUT2D eigenvalue weighted by atomic mass is 10.1. The second kappa shape index (κ2) is 9.45. The molecule has 0 saturated heterocycles. The van der Waals surface area contributed by atoms with E-state index in [2.05, 4.69) is 5.32 Å². The maximum Gasteiger partial charge on any atom is 0.270 e. The van der Waals surface area contributed by atoms with E-state index in [0.717, 1.165) is 5.56 Å². The second-order valence-corrected chi connectivity index (χ2v) is 5.88. The molecular formula is C19H22N2O7. The molecule has 1 amide bonds. The van der Waals surface area contributed by atoms with Gasteiger partial charge in [0.25, 0.3) is 5.69 Å². The van der Waals surface area contributed by atoms with E-state index in [4.69, 9.17) is 14.2 Å². The smallest absolute Gasteiger partial charge is 0.270 e. The van der Waals surface area contributed by atoms with E-state index < -0.39 is 4.92 Å². The van der Waals surface area contributed by atoms with Crippen LogP contribution >= 0.6 is 0 Å². The summed E-state index contributed by atoms with van der Waals surface area (Å²) in [7, 11) is 4.54. The van der Waals surface area contributed by atoms with E-state index in [1.54, 1.807) is 12.1 Å². The molecule has 150 valence electrons. The van der Waals surface area contributed by atoms with Crippen LogP contribution in [0.4, 0.5) is 5.69 Å². The molecule has 0 bridgehead atoms. The highest BCUT2D eigenvalue weighted by molar-refractivity contribution is 5.76. The number of nitrogens with one attached hydrogen (secondary N) is 1. The number of carbonyl (C=O) groups is 1. The van der Waals surface area contributed by atoms with Gasteiger partial charge in [-0.25, -0.2) is 0 Å². The number of benzene rings is 2. The Labute approximate surface area is 162 Å². The van der Waals surface area contributed by atoms with Crippen LogP contribution in [0.3, 0.4) is 0 Å². The van der Waals surface area contributed by atoms with Gasteiger partial charge in [0.1, 0.15) is 5.75 Å². The van der Waals surface area contributed by atoms with Crippen LogP contribution in [0.1, 0.15) is 17.5 Å². The second-order valence-electron chi connectivity index (χ2n) is 5.88. The quantitative estimate of drug-likeness (QED) is 0.499. The highest BCUT2D eigenvalue weighted by atomic mass is 16.6. The number of ether oxygens (including phenoxy) is 3. The molecule has 2 N–H and O–H groups in total. The largest absolute Gasteiger partial charge is 0.508 e. The lowest BCUT2D eigenvalue weighted by Crippen LogP contribution is -2.23. The Balaban J connectivity index is 2.00. The van der Waals surface area contributed by atoms with E-state index >= 15 is 0 Å². The zero-order chi connectivity index (χ0) is 20.7. The number of hydrogen-bond donors (Lipinski definition) is 2. The third-order valence-electron chi connectivity index (χ3n) is 4.12. The molecule has 2 rings (SSSR count). The van der Waals surface area contributed by atoms with Gasteiger partial charge < -0.3 is 24.6 Å². The van der Waals surface area contributed by atoms with Gasteiger partial charge in [-0.1, -0.05) is 0 Å². The fraction of sp³-hybridized carbons (Fsp3) is 0.316. The molecule has 0 aliphatic rings. The molecule has 0 heterocycles. The van der Waals surface area contributed by atoms with Gasteiger partial charge in [-0.3, -0.25) is 14.9 Å². The van der Waals surface area contributed by atoms with Crippen molar-refractivity contribution in [1.29, 1.82) is 0 Å². The zero-order valence-electron chi connectivity index (χ0n) is 15.9. The highest BCUT2D eigenvalue weighted by Gasteiger charge is 2.15. The molecule has 0 fully saturated rings. The number of methoxy groups -OCH3 is 3. The summed E-state index contributed by atoms with van der Waals surface area (Å²) in [6.45, 7) is -0.0123. The summed E-state index contributed by atoms with van der Waals surface area (Å²) in [5.74, 6) is 1.09. The first-order chi connectivity index (χ1) is 13.4. The number of amides is 1. The molecule has 0 aromatic heterocycles. The molecule has 28 heavy (non-hydrogen) atoms. The zero-order valence-corrected chi connectivity index (χ0v) is 15.9. The molecule has 0 aliphatic heterocycles. The Hall–Kier alpha value is -3.49. The average molecular weight is 390 g/mol. The number of rotatable bonds is 9. The summed E-state index contributed by atoms with van der Waals surface area (Å²) in [5, 5.41) is 23.3. The van der Waals surface area contributed by atoms with E-state index in [-0.39, 0.29) is 35.9 Å². The Bertz CT molecular complexity index is 842. The summed E-state index contributed by atoms with van der Waals surface area (Å²) in [4.78, 5) is 22.4. The third-order valence-corrected chi connectivity index (χ3v) is 4.12. The van der Waals surface area contributed by atoms with Crippen LogP contribution in [0.15, 0.2) is 30.3 Å². The molecule has 0 unspecified atom stereocenters. The van der Waals surface area contributed by atoms with Gasteiger partial charge in [0.05, 0.1) is 26.3 Å². The van der Waals surface area contributed by atoms with Crippen molar-refractivity contribution in [3.05, 3.63) is 51.6 Å². The Kier molecular flexibility index (Phi) is 7.02. The van der Waals surface area contributed by atoms with E-state index in [9.17, 15) is 20.0 Å². The van der Waals surface area contributed by atoms with Gasteiger partial charge in [-0.15, -0.1) is 0 Å². The van der Waals surface area contributed by atoms with Crippen LogP contribution in [0.25, 0.3) is 0 Å². The van der Waals surface area contributed by atoms with Crippen LogP contribution in [0.5, 0.6) is 23.0 Å². The molecule has 0 radical (unpaired) electrons. The van der Waals surface area contributed by atoms with Crippen LogP contribution in [-0.2, 0) is 17.8 Å². The van der Waals surface area contributed by atoms with E-state index in [1.807, 2.05) is 0 Å². The topological polar surface area (TPSA) is 120 Å². The number of phenols is 1. The Morgan fingerprint density at radius 3 is 2.29 bits per heavy atom. The van der Waals surface area contributed by atoms with E-state index in [1.165, 1.54) is 39.5 Å². The van der Waals surface area contributed by atoms with E-state index in [0.29, 0.717) is 23.7 Å². The van der Waals surface area contributed by atoms with Crippen molar-refractivity contribution >= 4 is 11.6 Å². The number of hydrogen-bond acceptors (Lipinski definition) is 7. The molecule has 0 aliphatic carbocycles. The van der Waals surface area contributed by atoms with Gasteiger partial charge in [0, 0.05) is 30.7 Å². The molecule has 0 saturated carbocycles. The normalized spacial score (nSPS) is 10.2. The number of phenolic OH excluding ortho intramolecular Hbond substituents is 1. The van der Waals surface area contributed by atoms with Crippen LogP contribution in [0.2, 0.25) is 0 Å². The van der Waals surface area contributed by atoms with Crippen LogP contribution in [-0.4, -0.2) is 37.3 Å². The predicted octanol–water partition coefficient (Wildman–Crippen LogP) is 2.58. The summed E-state index contributed by atoms with van der Waals surface area (Å²) < 4.78 is 15.8. The maximum atomic E-state index is 12.1. The SMILES string of the molecule is COc1cc(CCC(=O)NCc2cc([N+](=O)[O-])ccc2O)cc(OC)c1OC. The number of non-ortho nitro benzene ring substituents is 1. The van der Waals surface area contributed by atoms with Gasteiger partial charge >= 0.3 is 0 Å². The van der Waals surface area contributed by atoms with Crippen molar-refractivity contribution in [3.63, 3.8) is 0 Å². The summed E-state index contributed by atoms with van der Waals surface area (Å²) >= 11 is 0. The Morgan fingerprint density at radius 2 is 1.75 bits per heavy atom. The lowest BCUT2D eigenvalue weighted by molar-refractivity contribution is -0.384. The Morgan fingerprint density at radius 1 is 1.11 bits per heavy atom. The summed E-state index contributed by atoms with van der Waals surface area (Å²) in [6, 6.07) is 7.19. The lowest BCUT2D eigenvalue weighted by Gasteiger charge is -2.14. The first-order valence-corrected chi connectivity index (χ1v) is 8.41. The highest BCUT2D eigenvalue weighted by Crippen LogP contribution is 2.38. The fourth-order valence-corrected chi connectivity index (χ4v) is 2.65. The molecule has 0 spiro atoms. The van der Waals surface area contributed by atoms with Gasteiger partial charge in [0.15, 0.2) is 11.5 Å². The molecular weight excluding hydrogens is 368 g/mol. The van der Waals surface area contributed by atoms with Crippen molar-refractivity contribution in [2.45, 2.75) is 19.4 Å². The molecule has 9 nitrogen and oxygen atoms in total. The minimum atomic E-state index is -0.560. The predicted molar refractivity (Wildman–Crippen MR) is 101 cm³/mol. The fourth-order valence-electron chi connectivity index (χ4n) is 2.65. The minimum absolute atomic E-state index is 0.0123. The van der Waals surface area contributed by atoms with Gasteiger partial charge in [0.2, 0.25) is 11.7 Å². The standard InChI is InChI=1S/C19H22N2O7/c1-26-16-8-12(9-17(27-2)19(16)28-3)4-7-18(23)20-11-13-10-14(21(24)25)5-6-15(13)22/h5-6,8-10,22H,4,7,11H2,1-3H3,(H,20,23). The number of aryl methyl sites for hydroxylation is 1. The average Bonchev–Trinajstić information content (AvgIpc) is 2.70. The van der Waals surface area contributed by atoms with Crippen molar-refractivity contribution < 1.29 is 29.0 Å². The monoisotopic (exact) mass is 390 g/mol. The molecule has 0 atom stereocenters. The van der Waals surface area contributed by atoms with Crippen molar-refractivity contribution in [2.24, 2.45) is 0 Å². The van der Waals surface area contributed by atoms with Gasteiger partial charge in [-0.2, -0.15) is 0 Å². The molecule has 2 aromatic carbocycles. The molecule has 9 heteroatoms. The first kappa shape index (κ1) is 20.8. The first-order valence-electron chi connectivity index (χ1n) is 8.41. The number of carbonyl (C=O) groups excluding carboxylic acids is 1. The molecule has 2 aromatic rings.